The Morgan fingerprint density at radius 3 is 1.93 bits per heavy atom. The molecule has 0 unspecified atom stereocenters. The van der Waals surface area contributed by atoms with Gasteiger partial charge in [-0.25, -0.2) is 0 Å². The zero-order valence-corrected chi connectivity index (χ0v) is 21.3. The van der Waals surface area contributed by atoms with Gasteiger partial charge in [0.25, 0.3) is 0 Å². The Morgan fingerprint density at radius 2 is 1.40 bits per heavy atom. The molecule has 12 heteroatoms. The van der Waals surface area contributed by atoms with Crippen LogP contribution in [0.2, 0.25) is 2.82 Å². The molecular weight excluding hydrogens is 520 g/mol. The fraction of sp³-hybridized carbons (Fsp3) is 0.321. The van der Waals surface area contributed by atoms with E-state index in [1.807, 2.05) is 48.5 Å². The van der Waals surface area contributed by atoms with Crippen LogP contribution in [0.4, 0.5) is 0 Å². The molecule has 2 aromatic heterocycles. The Morgan fingerprint density at radius 1 is 0.875 bits per heavy atom. The van der Waals surface area contributed by atoms with Gasteiger partial charge in [0.05, 0.1) is 0 Å². The van der Waals surface area contributed by atoms with E-state index in [1.165, 1.54) is 0 Å². The number of nitrogens with two attached hydrogens (primary N) is 2. The number of carbonyl (C=O) groups is 3. The van der Waals surface area contributed by atoms with E-state index in [-0.39, 0.29) is 19.1 Å². The summed E-state index contributed by atoms with van der Waals surface area (Å²) in [6.45, 7) is -0.791. The number of aliphatic hydroxyl groups is 3. The number of benzene rings is 2. The second-order valence-corrected chi connectivity index (χ2v) is 9.45. The zero-order valence-electron chi connectivity index (χ0n) is 23.3. The van der Waals surface area contributed by atoms with E-state index in [2.05, 4.69) is 21.4 Å². The number of ether oxygens (including phenoxy) is 2. The van der Waals surface area contributed by atoms with Crippen LogP contribution in [-0.2, 0) is 36.7 Å². The van der Waals surface area contributed by atoms with E-state index in [9.17, 15) is 29.7 Å². The molecule has 0 saturated carbocycles. The van der Waals surface area contributed by atoms with E-state index in [0.717, 1.165) is 27.4 Å². The molecule has 40 heavy (non-hydrogen) atoms. The second kappa shape index (κ2) is 12.9. The summed E-state index contributed by atoms with van der Waals surface area (Å²) in [6.07, 6.45) is -4.39. The maximum absolute atomic E-state index is 12.9. The molecule has 0 saturated heterocycles. The quantitative estimate of drug-likeness (QED) is 0.0760. The number of carbonyl (C=O) groups excluding carboxylic acids is 3. The van der Waals surface area contributed by atoms with Gasteiger partial charge < -0.3 is 51.0 Å². The van der Waals surface area contributed by atoms with Crippen LogP contribution in [0.25, 0.3) is 21.8 Å². The molecule has 212 valence electrons. The first-order valence-electron chi connectivity index (χ1n) is 13.6. The molecule has 0 amide bonds. The molecule has 2 heterocycles. The normalized spacial score (nSPS) is 16.8. The standard InChI is InChI=1S/C28H32N4O8/c29-19(9-15-11-31-21-7-3-1-5-17(15)21)27(37)39-14-24(35)25(36)26(23(34)13-33)40-28(38)20(30)10-16-12-32-22-8-4-2-6-18(16)22/h1-8,11-13,19-20,23-26,31-32,34-36H,9-10,14,29-30H2/t19-,20-,23-,24+,25+,26+/m0/s1/i/hD2. The van der Waals surface area contributed by atoms with Crippen molar-refractivity contribution in [2.24, 2.45) is 11.5 Å². The number of nitrogens with one attached hydrogen (secondary N) is 2. The first kappa shape index (κ1) is 26.2. The van der Waals surface area contributed by atoms with Crippen LogP contribution in [-0.4, -0.2) is 86.6 Å². The van der Waals surface area contributed by atoms with Crippen LogP contribution in [0.1, 0.15) is 11.1 Å². The number of aromatic nitrogens is 2. The van der Waals surface area contributed by atoms with Gasteiger partial charge in [-0.2, -0.15) is 0 Å². The number of para-hydroxylation sites is 2. The molecule has 0 aliphatic rings. The summed E-state index contributed by atoms with van der Waals surface area (Å²) in [5, 5.41) is 33.0. The highest BCUT2D eigenvalue weighted by Crippen LogP contribution is 2.21. The molecule has 0 bridgehead atoms. The van der Waals surface area contributed by atoms with E-state index in [4.69, 9.17) is 12.3 Å². The summed E-state index contributed by atoms with van der Waals surface area (Å²) >= 11 is 0. The van der Waals surface area contributed by atoms with Crippen LogP contribution < -0.4 is 11.5 Å². The van der Waals surface area contributed by atoms with Gasteiger partial charge in [0, 0.05) is 47.0 Å². The van der Waals surface area contributed by atoms with Crippen LogP contribution >= 0.6 is 0 Å². The van der Waals surface area contributed by atoms with Gasteiger partial charge >= 0.3 is 11.9 Å². The predicted molar refractivity (Wildman–Crippen MR) is 145 cm³/mol. The number of hydrogen-bond acceptors (Lipinski definition) is 10. The Bertz CT molecular complexity index is 1510. The van der Waals surface area contributed by atoms with E-state index < -0.39 is 55.0 Å². The average Bonchev–Trinajstić information content (AvgIpc) is 3.62. The maximum Gasteiger partial charge on any atom is 0.323 e. The minimum Gasteiger partial charge on any atom is -0.462 e. The van der Waals surface area contributed by atoms with Gasteiger partial charge in [0.2, 0.25) is 0 Å². The third-order valence-electron chi connectivity index (χ3n) is 6.62. The van der Waals surface area contributed by atoms with Crippen molar-refractivity contribution in [1.29, 1.82) is 0 Å². The first-order valence-corrected chi connectivity index (χ1v) is 12.6. The largest absolute Gasteiger partial charge is 0.462 e. The molecule has 6 atom stereocenters. The molecule has 0 radical (unpaired) electrons. The lowest BCUT2D eigenvalue weighted by atomic mass is 10.0. The molecule has 12 nitrogen and oxygen atoms in total. The predicted octanol–water partition coefficient (Wildman–Crippen LogP) is -0.174. The Labute approximate surface area is 231 Å². The second-order valence-electron chi connectivity index (χ2n) is 9.45. The third-order valence-corrected chi connectivity index (χ3v) is 6.62. The fourth-order valence-electron chi connectivity index (χ4n) is 4.43. The fourth-order valence-corrected chi connectivity index (χ4v) is 4.43. The monoisotopic (exact) mass is 554 g/mol. The Balaban J connectivity index is 1.36. The first-order chi connectivity index (χ1) is 20.3. The molecule has 4 rings (SSSR count). The van der Waals surface area contributed by atoms with E-state index >= 15 is 0 Å². The molecule has 0 aliphatic heterocycles. The summed E-state index contributed by atoms with van der Waals surface area (Å²) < 4.78 is 25.4. The van der Waals surface area contributed by atoms with Crippen molar-refractivity contribution in [3.63, 3.8) is 0 Å². The van der Waals surface area contributed by atoms with Crippen molar-refractivity contribution < 1.29 is 42.0 Å². The summed E-state index contributed by atoms with van der Waals surface area (Å²) in [7, 11) is 0. The van der Waals surface area contributed by atoms with Crippen molar-refractivity contribution >= 4 is 40.0 Å². The maximum atomic E-state index is 12.9. The summed E-state index contributed by atoms with van der Waals surface area (Å²) in [5.41, 5.74) is 7.30. The van der Waals surface area contributed by atoms with Crippen LogP contribution in [0.3, 0.4) is 0 Å². The van der Waals surface area contributed by atoms with Gasteiger partial charge in [0.15, 0.2) is 12.4 Å². The highest BCUT2D eigenvalue weighted by molar-refractivity contribution is 5.85. The average molecular weight is 555 g/mol. The molecule has 2 aromatic carbocycles. The molecular formula is C28H32N4O8. The number of esters is 2. The third kappa shape index (κ3) is 6.55. The van der Waals surface area contributed by atoms with Gasteiger partial charge in [-0.1, -0.05) is 36.4 Å². The minimum atomic E-state index is -2.04. The number of aromatic amines is 2. The summed E-state index contributed by atoms with van der Waals surface area (Å²) in [4.78, 5) is 43.0. The van der Waals surface area contributed by atoms with Gasteiger partial charge in [-0.15, -0.1) is 0 Å². The molecule has 9 N–H and O–H groups in total. The lowest BCUT2D eigenvalue weighted by Gasteiger charge is -2.29. The highest BCUT2D eigenvalue weighted by atomic mass is 16.6. The Hall–Kier alpha value is -4.07. The number of fused-ring (bicyclic) bond motifs is 2. The summed E-state index contributed by atoms with van der Waals surface area (Å²) in [6, 6.07) is 12.4. The van der Waals surface area contributed by atoms with Crippen molar-refractivity contribution in [3.05, 3.63) is 72.1 Å². The van der Waals surface area contributed by atoms with E-state index in [0.29, 0.717) is 5.56 Å². The van der Waals surface area contributed by atoms with Crippen molar-refractivity contribution in [2.45, 2.75) is 49.3 Å². The number of hydrogen-bond donors (Lipinski definition) is 7. The highest BCUT2D eigenvalue weighted by Gasteiger charge is 2.37. The van der Waals surface area contributed by atoms with Crippen LogP contribution in [0.15, 0.2) is 60.9 Å². The van der Waals surface area contributed by atoms with Crippen molar-refractivity contribution in [2.75, 3.05) is 6.61 Å². The topological polar surface area (TPSA) is 214 Å². The molecule has 0 fully saturated rings. The van der Waals surface area contributed by atoms with Crippen molar-refractivity contribution in [1.82, 2.24) is 9.97 Å². The van der Waals surface area contributed by atoms with Gasteiger partial charge in [-0.3, -0.25) is 9.59 Å². The van der Waals surface area contributed by atoms with Gasteiger partial charge in [-0.05, 0) is 23.3 Å². The number of rotatable bonds is 15. The SMILES string of the molecule is [2H]N[C@@H](Cc1c[nH]c2ccccc12)C(=O)OC[C@@H](O)[C@@H](O)[C@H](OC(=O)[C@H](Cc1c[nH]c2ccccc12)N[2H])[C@@H](O)C=O. The zero-order chi connectivity index (χ0) is 30.2. The lowest BCUT2D eigenvalue weighted by Crippen LogP contribution is -2.51. The molecule has 4 aromatic rings. The van der Waals surface area contributed by atoms with Crippen LogP contribution in [0.5, 0.6) is 0 Å². The lowest BCUT2D eigenvalue weighted by molar-refractivity contribution is -0.178. The number of aliphatic hydroxyl groups excluding tert-OH is 3. The summed E-state index contributed by atoms with van der Waals surface area (Å²) in [5.74, 6) is -1.97. The smallest absolute Gasteiger partial charge is 0.323 e. The number of aldehydes is 1. The minimum absolute atomic E-state index is 0.00442. The molecule has 0 spiro atoms. The van der Waals surface area contributed by atoms with E-state index in [1.54, 1.807) is 12.4 Å². The van der Waals surface area contributed by atoms with Gasteiger partial charge in [0.1, 0.15) is 39.8 Å². The molecule has 0 aliphatic carbocycles. The number of H-pyrrole nitrogens is 2. The van der Waals surface area contributed by atoms with Crippen molar-refractivity contribution in [3.8, 4) is 0 Å². The van der Waals surface area contributed by atoms with Crippen LogP contribution in [0, 0.1) is 0 Å². The Kier molecular flexibility index (Phi) is 8.41.